The molecule has 2 aromatic carbocycles. The van der Waals surface area contributed by atoms with Crippen molar-refractivity contribution in [2.75, 3.05) is 19.2 Å². The maximum absolute atomic E-state index is 12.6. The highest BCUT2D eigenvalue weighted by Gasteiger charge is 2.31. The van der Waals surface area contributed by atoms with Gasteiger partial charge in [-0.15, -0.1) is 0 Å². The van der Waals surface area contributed by atoms with Crippen LogP contribution >= 0.6 is 11.6 Å². The van der Waals surface area contributed by atoms with E-state index >= 15 is 0 Å². The fraction of sp³-hybridized carbons (Fsp3) is 0.200. The van der Waals surface area contributed by atoms with Gasteiger partial charge in [0.25, 0.3) is 5.69 Å². The molecule has 0 aliphatic rings. The molecule has 0 saturated carbocycles. The van der Waals surface area contributed by atoms with Crippen LogP contribution in [-0.4, -0.2) is 19.1 Å². The van der Waals surface area contributed by atoms with Crippen molar-refractivity contribution in [2.24, 2.45) is 0 Å². The topological polar surface area (TPSA) is 64.8 Å². The van der Waals surface area contributed by atoms with Gasteiger partial charge in [-0.25, -0.2) is 0 Å². The van der Waals surface area contributed by atoms with Gasteiger partial charge < -0.3 is 4.74 Å². The van der Waals surface area contributed by atoms with Crippen LogP contribution in [-0.2, 0) is 11.0 Å². The first kappa shape index (κ1) is 18.8. The summed E-state index contributed by atoms with van der Waals surface area (Å²) in [5, 5.41) is 12.0. The summed E-state index contributed by atoms with van der Waals surface area (Å²) >= 11 is 5.83. The lowest BCUT2D eigenvalue weighted by Gasteiger charge is -2.17. The lowest BCUT2D eigenvalue weighted by atomic mass is 10.2. The standard InChI is InChI=1S/C15H12ClF3N2O4/c1-20(24-2)13-8-10(4-5-12(13)21(22)23)25-14-6-3-9(7-11(14)16)15(17,18)19/h3-8H,1-2H3. The SMILES string of the molecule is CON(C)c1cc(Oc2ccc(C(F)(F)F)cc2Cl)ccc1[N+](=O)[O-]. The van der Waals surface area contributed by atoms with Gasteiger partial charge in [0, 0.05) is 19.2 Å². The van der Waals surface area contributed by atoms with E-state index in [0.29, 0.717) is 0 Å². The number of hydrogen-bond acceptors (Lipinski definition) is 5. The van der Waals surface area contributed by atoms with Gasteiger partial charge in [-0.2, -0.15) is 13.2 Å². The maximum Gasteiger partial charge on any atom is 0.416 e. The number of ether oxygens (including phenoxy) is 1. The first-order valence-electron chi connectivity index (χ1n) is 6.74. The van der Waals surface area contributed by atoms with Crippen LogP contribution in [0.1, 0.15) is 5.56 Å². The molecule has 0 saturated heterocycles. The van der Waals surface area contributed by atoms with Gasteiger partial charge >= 0.3 is 6.18 Å². The molecule has 2 rings (SSSR count). The molecule has 0 heterocycles. The second-order valence-corrected chi connectivity index (χ2v) is 5.24. The predicted molar refractivity (Wildman–Crippen MR) is 85.0 cm³/mol. The van der Waals surface area contributed by atoms with Crippen molar-refractivity contribution in [1.82, 2.24) is 0 Å². The number of nitro groups is 1. The minimum Gasteiger partial charge on any atom is -0.456 e. The highest BCUT2D eigenvalue weighted by Crippen LogP contribution is 2.38. The zero-order chi connectivity index (χ0) is 18.8. The van der Waals surface area contributed by atoms with Crippen molar-refractivity contribution < 1.29 is 27.7 Å². The zero-order valence-electron chi connectivity index (χ0n) is 13.0. The van der Waals surface area contributed by atoms with Gasteiger partial charge in [0.1, 0.15) is 17.2 Å². The van der Waals surface area contributed by atoms with Crippen LogP contribution < -0.4 is 9.80 Å². The number of nitro benzene ring substituents is 1. The number of alkyl halides is 3. The van der Waals surface area contributed by atoms with Crippen LogP contribution in [0.3, 0.4) is 0 Å². The Hall–Kier alpha value is -2.52. The lowest BCUT2D eigenvalue weighted by Crippen LogP contribution is -2.16. The average Bonchev–Trinajstić information content (AvgIpc) is 2.54. The largest absolute Gasteiger partial charge is 0.456 e. The van der Waals surface area contributed by atoms with Gasteiger partial charge in [0.05, 0.1) is 22.6 Å². The molecule has 0 fully saturated rings. The van der Waals surface area contributed by atoms with Crippen molar-refractivity contribution in [3.8, 4) is 11.5 Å². The molecule has 0 N–H and O–H groups in total. The fourth-order valence-corrected chi connectivity index (χ4v) is 2.18. The Morgan fingerprint density at radius 2 is 1.88 bits per heavy atom. The van der Waals surface area contributed by atoms with E-state index in [0.717, 1.165) is 23.3 Å². The monoisotopic (exact) mass is 376 g/mol. The van der Waals surface area contributed by atoms with Gasteiger partial charge in [-0.05, 0) is 24.3 Å². The van der Waals surface area contributed by atoms with E-state index < -0.39 is 16.7 Å². The molecule has 0 aromatic heterocycles. The highest BCUT2D eigenvalue weighted by atomic mass is 35.5. The molecular weight excluding hydrogens is 365 g/mol. The fourth-order valence-electron chi connectivity index (χ4n) is 1.96. The lowest BCUT2D eigenvalue weighted by molar-refractivity contribution is -0.384. The molecule has 0 unspecified atom stereocenters. The van der Waals surface area contributed by atoms with Crippen LogP contribution in [0.25, 0.3) is 0 Å². The van der Waals surface area contributed by atoms with E-state index in [1.807, 2.05) is 0 Å². The molecule has 0 aliphatic heterocycles. The molecule has 0 aliphatic carbocycles. The second kappa shape index (κ2) is 7.16. The Kier molecular flexibility index (Phi) is 5.39. The first-order valence-corrected chi connectivity index (χ1v) is 7.12. The van der Waals surface area contributed by atoms with Crippen molar-refractivity contribution in [3.63, 3.8) is 0 Å². The summed E-state index contributed by atoms with van der Waals surface area (Å²) in [5.74, 6) is 0.126. The van der Waals surface area contributed by atoms with E-state index in [2.05, 4.69) is 0 Å². The minimum absolute atomic E-state index is 0.0189. The number of halogens is 4. The summed E-state index contributed by atoms with van der Waals surface area (Å²) in [6.45, 7) is 0. The van der Waals surface area contributed by atoms with Crippen LogP contribution in [0.2, 0.25) is 5.02 Å². The molecule has 2 aromatic rings. The Morgan fingerprint density at radius 3 is 2.40 bits per heavy atom. The molecule has 0 atom stereocenters. The van der Waals surface area contributed by atoms with Crippen LogP contribution in [0.4, 0.5) is 24.5 Å². The molecule has 0 amide bonds. The summed E-state index contributed by atoms with van der Waals surface area (Å²) in [6, 6.07) is 6.46. The van der Waals surface area contributed by atoms with E-state index in [9.17, 15) is 23.3 Å². The third-order valence-corrected chi connectivity index (χ3v) is 3.54. The van der Waals surface area contributed by atoms with Gasteiger partial charge in [-0.1, -0.05) is 11.6 Å². The molecule has 6 nitrogen and oxygen atoms in total. The van der Waals surface area contributed by atoms with Gasteiger partial charge in [0.2, 0.25) is 0 Å². The molecule has 0 radical (unpaired) electrons. The molecule has 134 valence electrons. The second-order valence-electron chi connectivity index (χ2n) is 4.83. The summed E-state index contributed by atoms with van der Waals surface area (Å²) < 4.78 is 43.4. The quantitative estimate of drug-likeness (QED) is 0.539. The first-order chi connectivity index (χ1) is 11.6. The number of anilines is 1. The van der Waals surface area contributed by atoms with E-state index in [4.69, 9.17) is 21.2 Å². The summed E-state index contributed by atoms with van der Waals surface area (Å²) in [5.41, 5.74) is -1.03. The molecule has 0 spiro atoms. The maximum atomic E-state index is 12.6. The number of hydroxylamine groups is 1. The van der Waals surface area contributed by atoms with E-state index in [1.54, 1.807) is 0 Å². The average molecular weight is 377 g/mol. The van der Waals surface area contributed by atoms with Crippen LogP contribution in [0.15, 0.2) is 36.4 Å². The van der Waals surface area contributed by atoms with E-state index in [-0.39, 0.29) is 27.9 Å². The highest BCUT2D eigenvalue weighted by molar-refractivity contribution is 6.32. The molecule has 0 bridgehead atoms. The minimum atomic E-state index is -4.52. The summed E-state index contributed by atoms with van der Waals surface area (Å²) in [4.78, 5) is 15.4. The number of benzene rings is 2. The molecule has 25 heavy (non-hydrogen) atoms. The predicted octanol–water partition coefficient (Wildman–Crippen LogP) is 5.06. The van der Waals surface area contributed by atoms with Gasteiger partial charge in [-0.3, -0.25) is 20.0 Å². The molecule has 10 heteroatoms. The smallest absolute Gasteiger partial charge is 0.416 e. The zero-order valence-corrected chi connectivity index (χ0v) is 13.8. The van der Waals surface area contributed by atoms with Crippen molar-refractivity contribution in [2.45, 2.75) is 6.18 Å². The number of hydrogen-bond donors (Lipinski definition) is 0. The summed E-state index contributed by atoms with van der Waals surface area (Å²) in [7, 11) is 2.78. The Bertz CT molecular complexity index is 799. The normalized spacial score (nSPS) is 11.3. The van der Waals surface area contributed by atoms with Crippen LogP contribution in [0.5, 0.6) is 11.5 Å². The third-order valence-electron chi connectivity index (χ3n) is 3.24. The molecular formula is C15H12ClF3N2O4. The van der Waals surface area contributed by atoms with Crippen molar-refractivity contribution >= 4 is 23.0 Å². The Balaban J connectivity index is 2.36. The Morgan fingerprint density at radius 1 is 1.20 bits per heavy atom. The van der Waals surface area contributed by atoms with Crippen molar-refractivity contribution in [3.05, 3.63) is 57.1 Å². The van der Waals surface area contributed by atoms with Crippen LogP contribution in [0, 0.1) is 10.1 Å². The van der Waals surface area contributed by atoms with Gasteiger partial charge in [0.15, 0.2) is 0 Å². The van der Waals surface area contributed by atoms with Crippen molar-refractivity contribution in [1.29, 1.82) is 0 Å². The number of rotatable bonds is 5. The summed E-state index contributed by atoms with van der Waals surface area (Å²) in [6.07, 6.45) is -4.52. The Labute approximate surface area is 145 Å². The number of nitrogens with zero attached hydrogens (tertiary/aromatic N) is 2. The van der Waals surface area contributed by atoms with E-state index in [1.165, 1.54) is 32.4 Å². The third kappa shape index (κ3) is 4.31.